The van der Waals surface area contributed by atoms with Crippen LogP contribution >= 0.6 is 31.9 Å². The molecule has 0 heterocycles. The van der Waals surface area contributed by atoms with Gasteiger partial charge in [0.2, 0.25) is 0 Å². The van der Waals surface area contributed by atoms with Crippen LogP contribution in [-0.2, 0) is 0 Å². The molecule has 0 amide bonds. The van der Waals surface area contributed by atoms with Crippen LogP contribution in [0.3, 0.4) is 0 Å². The average Bonchev–Trinajstić information content (AvgIpc) is 1.25. The Morgan fingerprint density at radius 1 is 1.00 bits per heavy atom. The minimum Gasteiger partial charge on any atom is -0.538 e. The molecular weight excluding hydrogens is 385 g/mol. The van der Waals surface area contributed by atoms with Crippen molar-refractivity contribution in [2.75, 3.05) is 0 Å². The zero-order valence-electron chi connectivity index (χ0n) is 4.10. The Bertz CT molecular complexity index is 74.6. The van der Waals surface area contributed by atoms with E-state index >= 15 is 0 Å². The van der Waals surface area contributed by atoms with Gasteiger partial charge in [-0.3, -0.25) is 0 Å². The monoisotopic (exact) mass is 384 g/mol. The molecule has 0 aromatic heterocycles. The Morgan fingerprint density at radius 3 is 1.00 bits per heavy atom. The van der Waals surface area contributed by atoms with E-state index < -0.39 is 9.76 Å². The van der Waals surface area contributed by atoms with Gasteiger partial charge in [0.05, 0.1) is 0 Å². The van der Waals surface area contributed by atoms with E-state index in [1.165, 1.54) is 0 Å². The van der Waals surface area contributed by atoms with E-state index in [4.69, 9.17) is 19.8 Å². The summed E-state index contributed by atoms with van der Waals surface area (Å²) in [6.07, 6.45) is 0. The van der Waals surface area contributed by atoms with Crippen molar-refractivity contribution in [3.63, 3.8) is 0 Å². The Hall–Kier alpha value is 1.47. The smallest absolute Gasteiger partial charge is 0.538 e. The van der Waals surface area contributed by atoms with Gasteiger partial charge >= 0.3 is 48.9 Å². The van der Waals surface area contributed by atoms with Gasteiger partial charge in [0.1, 0.15) is 9.76 Å². The van der Waals surface area contributed by atoms with Gasteiger partial charge in [0.15, 0.2) is 0 Å². The fraction of sp³-hybridized carbons (Fsp3) is 0. The van der Waals surface area contributed by atoms with Crippen LogP contribution in [0.1, 0.15) is 0 Å². The van der Waals surface area contributed by atoms with E-state index in [0.29, 0.717) is 0 Å². The maximum Gasteiger partial charge on any atom is 2.00 e. The van der Waals surface area contributed by atoms with Crippen molar-refractivity contribution >= 4 is 90.5 Å². The molecule has 0 aliphatic rings. The molecule has 0 saturated heterocycles. The van der Waals surface area contributed by atoms with Crippen LogP contribution in [-0.4, -0.2) is 58.6 Å². The molecule has 0 atom stereocenters. The molecule has 0 aromatic rings. The summed E-state index contributed by atoms with van der Waals surface area (Å²) in [6, 6.07) is 0. The van der Waals surface area contributed by atoms with Gasteiger partial charge in [-0.2, -0.15) is 0 Å². The molecule has 0 unspecified atom stereocenters. The molecule has 7 heteroatoms. The summed E-state index contributed by atoms with van der Waals surface area (Å²) in [5, 5.41) is 17.6. The molecule has 9 heavy (non-hydrogen) atoms. The van der Waals surface area contributed by atoms with Crippen LogP contribution in [0, 0.1) is 0 Å². The van der Waals surface area contributed by atoms with E-state index in [-0.39, 0.29) is 48.9 Å². The Kier molecular flexibility index (Phi) is 22.8. The predicted molar refractivity (Wildman–Crippen MR) is 34.4 cm³/mol. The van der Waals surface area contributed by atoms with Crippen molar-refractivity contribution in [2.45, 2.75) is 0 Å². The van der Waals surface area contributed by atoms with Gasteiger partial charge in [-0.25, -0.2) is 0 Å². The second kappa shape index (κ2) is 12.2. The average molecular weight is 385 g/mol. The van der Waals surface area contributed by atoms with Crippen molar-refractivity contribution in [2.24, 2.45) is 0 Å². The standard InChI is InChI=1S/2CHBrO2.Ba/c2*2-1(3)4;/h2*(H,3,4);/q;;+2/p-2. The fourth-order valence-electron chi connectivity index (χ4n) is 0. The Morgan fingerprint density at radius 2 is 1.00 bits per heavy atom. The summed E-state index contributed by atoms with van der Waals surface area (Å²) in [5.74, 6) is 0. The van der Waals surface area contributed by atoms with E-state index in [0.717, 1.165) is 0 Å². The largest absolute Gasteiger partial charge is 2.00 e. The van der Waals surface area contributed by atoms with Crippen molar-refractivity contribution in [1.29, 1.82) is 0 Å². The summed E-state index contributed by atoms with van der Waals surface area (Å²) in [7, 11) is 0. The molecule has 0 aliphatic carbocycles. The van der Waals surface area contributed by atoms with Crippen LogP contribution in [0.15, 0.2) is 0 Å². The van der Waals surface area contributed by atoms with Gasteiger partial charge < -0.3 is 19.8 Å². The number of hydrogen-bond acceptors (Lipinski definition) is 4. The minimum atomic E-state index is -1.27. The van der Waals surface area contributed by atoms with Crippen LogP contribution in [0.2, 0.25) is 0 Å². The first-order valence-electron chi connectivity index (χ1n) is 1.19. The molecule has 48 valence electrons. The van der Waals surface area contributed by atoms with Gasteiger partial charge in [0.25, 0.3) is 0 Å². The third-order valence-electron chi connectivity index (χ3n) is 0. The van der Waals surface area contributed by atoms with Crippen LogP contribution < -0.4 is 10.2 Å². The predicted octanol–water partition coefficient (Wildman–Crippen LogP) is -0.932. The van der Waals surface area contributed by atoms with Crippen molar-refractivity contribution < 1.29 is 19.8 Å². The zero-order valence-corrected chi connectivity index (χ0v) is 11.7. The molecule has 0 radical (unpaired) electrons. The third kappa shape index (κ3) is 244. The first-order chi connectivity index (χ1) is 3.46. The quantitative estimate of drug-likeness (QED) is 0.399. The van der Waals surface area contributed by atoms with Gasteiger partial charge in [0, 0.05) is 0 Å². The second-order valence-electron chi connectivity index (χ2n) is 0.475. The molecule has 0 bridgehead atoms. The Labute approximate surface area is 108 Å². The summed E-state index contributed by atoms with van der Waals surface area (Å²) >= 11 is 4.15. The van der Waals surface area contributed by atoms with E-state index in [2.05, 4.69) is 31.9 Å². The second-order valence-corrected chi connectivity index (χ2v) is 1.77. The van der Waals surface area contributed by atoms with Crippen LogP contribution in [0.25, 0.3) is 0 Å². The number of carbonyl (C=O) groups excluding carboxylic acids is 2. The first-order valence-corrected chi connectivity index (χ1v) is 2.78. The van der Waals surface area contributed by atoms with Gasteiger partial charge in [-0.15, -0.1) is 0 Å². The molecule has 0 saturated carbocycles. The number of carbonyl (C=O) groups is 2. The third-order valence-corrected chi connectivity index (χ3v) is 0. The number of carboxylic acid groups (broad SMARTS) is 2. The topological polar surface area (TPSA) is 80.3 Å². The van der Waals surface area contributed by atoms with Gasteiger partial charge in [-0.1, -0.05) is 0 Å². The number of hydrogen-bond donors (Lipinski definition) is 0. The summed E-state index contributed by atoms with van der Waals surface area (Å²) in [5.41, 5.74) is 0. The Balaban J connectivity index is -0.0000000720. The van der Waals surface area contributed by atoms with Gasteiger partial charge in [-0.05, 0) is 31.9 Å². The maximum atomic E-state index is 8.81. The maximum absolute atomic E-state index is 8.81. The molecule has 0 spiro atoms. The normalized spacial score (nSPS) is 5.56. The molecule has 0 aromatic carbocycles. The van der Waals surface area contributed by atoms with E-state index in [1.807, 2.05) is 0 Å². The van der Waals surface area contributed by atoms with E-state index in [1.54, 1.807) is 0 Å². The molecular formula is C2BaBr2O4. The van der Waals surface area contributed by atoms with Crippen molar-refractivity contribution in [3.05, 3.63) is 0 Å². The molecule has 0 N–H and O–H groups in total. The zero-order chi connectivity index (χ0) is 7.15. The number of halogens is 2. The summed E-state index contributed by atoms with van der Waals surface area (Å²) < 4.78 is 0. The molecule has 0 aliphatic heterocycles. The summed E-state index contributed by atoms with van der Waals surface area (Å²) in [4.78, 5) is 15.1. The first kappa shape index (κ1) is 16.8. The fourth-order valence-corrected chi connectivity index (χ4v) is 0. The number of rotatable bonds is 0. The molecule has 0 rings (SSSR count). The SMILES string of the molecule is O=C([O-])Br.O=C([O-])Br.[Ba+2]. The van der Waals surface area contributed by atoms with Crippen molar-refractivity contribution in [1.82, 2.24) is 0 Å². The minimum absolute atomic E-state index is 0. The van der Waals surface area contributed by atoms with Crippen LogP contribution in [0.4, 0.5) is 9.59 Å². The molecule has 0 fully saturated rings. The molecule has 4 nitrogen and oxygen atoms in total. The van der Waals surface area contributed by atoms with E-state index in [9.17, 15) is 0 Å². The van der Waals surface area contributed by atoms with Crippen LogP contribution in [0.5, 0.6) is 0 Å². The summed E-state index contributed by atoms with van der Waals surface area (Å²) in [6.45, 7) is 0. The van der Waals surface area contributed by atoms with Crippen molar-refractivity contribution in [3.8, 4) is 0 Å².